The zero-order valence-electron chi connectivity index (χ0n) is 15.0. The second-order valence-electron chi connectivity index (χ2n) is 6.74. The summed E-state index contributed by atoms with van der Waals surface area (Å²) in [6, 6.07) is 21.3. The Morgan fingerprint density at radius 1 is 1.00 bits per heavy atom. The van der Waals surface area contributed by atoms with Gasteiger partial charge in [0.15, 0.2) is 5.11 Å². The molecular weight excluding hydrogens is 357 g/mol. The van der Waals surface area contributed by atoms with E-state index in [0.29, 0.717) is 0 Å². The fraction of sp³-hybridized carbons (Fsp3) is 0.227. The van der Waals surface area contributed by atoms with Crippen molar-refractivity contribution >= 4 is 17.3 Å². The van der Waals surface area contributed by atoms with Gasteiger partial charge in [-0.15, -0.1) is 0 Å². The molecule has 0 bridgehead atoms. The Bertz CT molecular complexity index is 905. The minimum Gasteiger partial charge on any atom is -0.362 e. The van der Waals surface area contributed by atoms with Gasteiger partial charge in [-0.2, -0.15) is 0 Å². The second-order valence-corrected chi connectivity index (χ2v) is 7.13. The summed E-state index contributed by atoms with van der Waals surface area (Å²) in [4.78, 5) is 2.21. The molecule has 138 valence electrons. The first-order valence-electron chi connectivity index (χ1n) is 9.21. The average molecular weight is 380 g/mol. The van der Waals surface area contributed by atoms with Crippen LogP contribution in [0.2, 0.25) is 0 Å². The second kappa shape index (κ2) is 7.92. The first-order valence-corrected chi connectivity index (χ1v) is 9.62. The highest BCUT2D eigenvalue weighted by atomic mass is 32.1. The van der Waals surface area contributed by atoms with Crippen LogP contribution in [-0.2, 0) is 13.0 Å². The lowest BCUT2D eigenvalue weighted by molar-refractivity contribution is 0.286. The van der Waals surface area contributed by atoms with E-state index in [1.807, 2.05) is 18.2 Å². The maximum atomic E-state index is 13.4. The van der Waals surface area contributed by atoms with Crippen LogP contribution in [0.25, 0.3) is 0 Å². The standard InChI is InChI=1S/C22H22FN3S/c23-19-10-8-18(9-11-19)21-20-7-4-14-25(20)15-16-26(21)22(27)24-13-12-17-5-2-1-3-6-17/h1-11,14,21H,12-13,15-16H2,(H,24,27). The monoisotopic (exact) mass is 379 g/mol. The topological polar surface area (TPSA) is 20.2 Å². The van der Waals surface area contributed by atoms with Gasteiger partial charge in [-0.25, -0.2) is 4.39 Å². The summed E-state index contributed by atoms with van der Waals surface area (Å²) in [7, 11) is 0. The van der Waals surface area contributed by atoms with Gasteiger partial charge in [0.1, 0.15) is 5.82 Å². The lowest BCUT2D eigenvalue weighted by Crippen LogP contribution is -2.47. The van der Waals surface area contributed by atoms with Gasteiger partial charge >= 0.3 is 0 Å². The molecule has 0 radical (unpaired) electrons. The predicted molar refractivity (Wildman–Crippen MR) is 110 cm³/mol. The molecule has 4 rings (SSSR count). The minimum atomic E-state index is -0.222. The average Bonchev–Trinajstić information content (AvgIpc) is 3.17. The summed E-state index contributed by atoms with van der Waals surface area (Å²) in [5, 5.41) is 4.15. The van der Waals surface area contributed by atoms with Crippen LogP contribution in [0.4, 0.5) is 4.39 Å². The van der Waals surface area contributed by atoms with Crippen LogP contribution in [0.15, 0.2) is 72.9 Å². The smallest absolute Gasteiger partial charge is 0.169 e. The number of hydrogen-bond donors (Lipinski definition) is 1. The van der Waals surface area contributed by atoms with Gasteiger partial charge in [0.25, 0.3) is 0 Å². The number of benzene rings is 2. The van der Waals surface area contributed by atoms with Crippen molar-refractivity contribution in [2.45, 2.75) is 19.0 Å². The highest BCUT2D eigenvalue weighted by Gasteiger charge is 2.30. The van der Waals surface area contributed by atoms with Gasteiger partial charge in [0.2, 0.25) is 0 Å². The minimum absolute atomic E-state index is 0.00826. The van der Waals surface area contributed by atoms with Crippen LogP contribution in [0.3, 0.4) is 0 Å². The van der Waals surface area contributed by atoms with E-state index in [4.69, 9.17) is 12.2 Å². The van der Waals surface area contributed by atoms with E-state index in [9.17, 15) is 4.39 Å². The number of nitrogens with zero attached hydrogens (tertiary/aromatic N) is 2. The SMILES string of the molecule is Fc1ccc(C2c3cccn3CCN2C(=S)NCCc2ccccc2)cc1. The molecule has 0 amide bonds. The summed E-state index contributed by atoms with van der Waals surface area (Å²) in [5.74, 6) is -0.222. The van der Waals surface area contributed by atoms with Crippen LogP contribution in [-0.4, -0.2) is 27.7 Å². The Balaban J connectivity index is 1.51. The Labute approximate surface area is 164 Å². The number of rotatable bonds is 4. The molecule has 0 aliphatic carbocycles. The van der Waals surface area contributed by atoms with Crippen LogP contribution in [0, 0.1) is 5.82 Å². The highest BCUT2D eigenvalue weighted by Crippen LogP contribution is 2.32. The van der Waals surface area contributed by atoms with Crippen LogP contribution >= 0.6 is 12.2 Å². The molecule has 1 aliphatic rings. The van der Waals surface area contributed by atoms with Gasteiger partial charge in [-0.3, -0.25) is 0 Å². The number of fused-ring (bicyclic) bond motifs is 1. The van der Waals surface area contributed by atoms with E-state index in [0.717, 1.165) is 36.7 Å². The number of halogens is 1. The van der Waals surface area contributed by atoms with Gasteiger partial charge in [-0.05, 0) is 54.0 Å². The third-order valence-corrected chi connectivity index (χ3v) is 5.40. The third kappa shape index (κ3) is 3.88. The van der Waals surface area contributed by atoms with Crippen LogP contribution in [0.5, 0.6) is 0 Å². The normalized spacial score (nSPS) is 16.0. The Hall–Kier alpha value is -2.66. The van der Waals surface area contributed by atoms with Crippen molar-refractivity contribution in [1.82, 2.24) is 14.8 Å². The van der Waals surface area contributed by atoms with Crippen molar-refractivity contribution < 1.29 is 4.39 Å². The summed E-state index contributed by atoms with van der Waals surface area (Å²) in [6.45, 7) is 2.50. The molecule has 0 spiro atoms. The molecule has 1 aliphatic heterocycles. The fourth-order valence-electron chi connectivity index (χ4n) is 3.66. The van der Waals surface area contributed by atoms with Gasteiger partial charge in [0, 0.05) is 31.5 Å². The lowest BCUT2D eigenvalue weighted by atomic mass is 10.0. The van der Waals surface area contributed by atoms with Gasteiger partial charge < -0.3 is 14.8 Å². The Kier molecular flexibility index (Phi) is 5.21. The van der Waals surface area contributed by atoms with Crippen molar-refractivity contribution in [1.29, 1.82) is 0 Å². The van der Waals surface area contributed by atoms with Crippen molar-refractivity contribution in [3.8, 4) is 0 Å². The molecule has 2 heterocycles. The van der Waals surface area contributed by atoms with E-state index in [1.54, 1.807) is 0 Å². The molecule has 0 saturated heterocycles. The molecule has 1 atom stereocenters. The van der Waals surface area contributed by atoms with E-state index < -0.39 is 0 Å². The zero-order chi connectivity index (χ0) is 18.6. The van der Waals surface area contributed by atoms with Crippen molar-refractivity contribution in [3.05, 3.63) is 95.6 Å². The molecule has 2 aromatic carbocycles. The maximum Gasteiger partial charge on any atom is 0.169 e. The summed E-state index contributed by atoms with van der Waals surface area (Å²) < 4.78 is 15.7. The first-order chi connectivity index (χ1) is 13.2. The first kappa shape index (κ1) is 17.7. The Morgan fingerprint density at radius 2 is 1.78 bits per heavy atom. The number of thiocarbonyl (C=S) groups is 1. The van der Waals surface area contributed by atoms with Crippen molar-refractivity contribution in [2.75, 3.05) is 13.1 Å². The van der Waals surface area contributed by atoms with E-state index >= 15 is 0 Å². The van der Waals surface area contributed by atoms with Gasteiger partial charge in [-0.1, -0.05) is 42.5 Å². The molecule has 3 nitrogen and oxygen atoms in total. The van der Waals surface area contributed by atoms with E-state index in [-0.39, 0.29) is 11.9 Å². The highest BCUT2D eigenvalue weighted by molar-refractivity contribution is 7.80. The molecule has 1 N–H and O–H groups in total. The van der Waals surface area contributed by atoms with Crippen molar-refractivity contribution in [2.24, 2.45) is 0 Å². The van der Waals surface area contributed by atoms with E-state index in [2.05, 4.69) is 57.4 Å². The molecular formula is C22H22FN3S. The number of hydrogen-bond acceptors (Lipinski definition) is 1. The lowest BCUT2D eigenvalue weighted by Gasteiger charge is -2.39. The third-order valence-electron chi connectivity index (χ3n) is 5.02. The largest absolute Gasteiger partial charge is 0.362 e. The fourth-order valence-corrected chi connectivity index (χ4v) is 3.96. The number of nitrogens with one attached hydrogen (secondary N) is 1. The Morgan fingerprint density at radius 3 is 2.56 bits per heavy atom. The van der Waals surface area contributed by atoms with Crippen LogP contribution in [0.1, 0.15) is 22.9 Å². The van der Waals surface area contributed by atoms with Crippen molar-refractivity contribution in [3.63, 3.8) is 0 Å². The van der Waals surface area contributed by atoms with Crippen LogP contribution < -0.4 is 5.32 Å². The number of aromatic nitrogens is 1. The maximum absolute atomic E-state index is 13.4. The molecule has 1 aromatic heterocycles. The molecule has 5 heteroatoms. The molecule has 0 fully saturated rings. The molecule has 1 unspecified atom stereocenters. The zero-order valence-corrected chi connectivity index (χ0v) is 15.8. The molecule has 3 aromatic rings. The quantitative estimate of drug-likeness (QED) is 0.688. The molecule has 0 saturated carbocycles. The predicted octanol–water partition coefficient (Wildman–Crippen LogP) is 4.15. The summed E-state index contributed by atoms with van der Waals surface area (Å²) >= 11 is 5.73. The summed E-state index contributed by atoms with van der Waals surface area (Å²) in [5.41, 5.74) is 3.51. The van der Waals surface area contributed by atoms with Gasteiger partial charge in [0.05, 0.1) is 6.04 Å². The molecule has 27 heavy (non-hydrogen) atoms. The van der Waals surface area contributed by atoms with E-state index in [1.165, 1.54) is 23.4 Å². The summed E-state index contributed by atoms with van der Waals surface area (Å²) in [6.07, 6.45) is 3.02.